The lowest BCUT2D eigenvalue weighted by molar-refractivity contribution is -0.128. The Kier molecular flexibility index (Phi) is 5.43. The van der Waals surface area contributed by atoms with Gasteiger partial charge in [-0.05, 0) is 48.7 Å². The van der Waals surface area contributed by atoms with Gasteiger partial charge < -0.3 is 14.1 Å². The van der Waals surface area contributed by atoms with Crippen LogP contribution in [0.2, 0.25) is 0 Å². The van der Waals surface area contributed by atoms with E-state index < -0.39 is 0 Å². The summed E-state index contributed by atoms with van der Waals surface area (Å²) in [5.41, 5.74) is 0.883. The molecule has 0 spiro atoms. The Morgan fingerprint density at radius 1 is 1.29 bits per heavy atom. The third-order valence-corrected chi connectivity index (χ3v) is 3.98. The molecule has 1 aliphatic rings. The number of hydrogen-bond donors (Lipinski definition) is 0. The van der Waals surface area contributed by atoms with Crippen molar-refractivity contribution in [3.63, 3.8) is 0 Å². The van der Waals surface area contributed by atoms with Gasteiger partial charge in [-0.25, -0.2) is 4.39 Å². The number of amides is 1. The molecule has 0 saturated carbocycles. The highest BCUT2D eigenvalue weighted by atomic mass is 19.1. The smallest absolute Gasteiger partial charge is 0.247 e. The molecule has 1 aromatic carbocycles. The van der Waals surface area contributed by atoms with Gasteiger partial charge >= 0.3 is 0 Å². The van der Waals surface area contributed by atoms with Gasteiger partial charge in [0.25, 0.3) is 0 Å². The summed E-state index contributed by atoms with van der Waals surface area (Å²) >= 11 is 0. The van der Waals surface area contributed by atoms with Crippen LogP contribution in [-0.4, -0.2) is 30.1 Å². The monoisotopic (exact) mass is 329 g/mol. The number of hydrogen-bond acceptors (Lipinski definition) is 3. The SMILES string of the molecule is O=C(/C=C/c1ccco1)N(Cc1ccc(F)cc1)CC1CCCO1. The van der Waals surface area contributed by atoms with Crippen molar-refractivity contribution in [1.82, 2.24) is 4.90 Å². The van der Waals surface area contributed by atoms with Gasteiger partial charge in [-0.3, -0.25) is 4.79 Å². The Morgan fingerprint density at radius 2 is 2.12 bits per heavy atom. The van der Waals surface area contributed by atoms with E-state index in [1.165, 1.54) is 18.2 Å². The molecule has 126 valence electrons. The molecule has 1 aliphatic heterocycles. The Hall–Kier alpha value is -2.40. The van der Waals surface area contributed by atoms with Crippen molar-refractivity contribution in [1.29, 1.82) is 0 Å². The van der Waals surface area contributed by atoms with E-state index in [0.717, 1.165) is 25.0 Å². The van der Waals surface area contributed by atoms with Crippen LogP contribution in [0.1, 0.15) is 24.2 Å². The topological polar surface area (TPSA) is 42.7 Å². The summed E-state index contributed by atoms with van der Waals surface area (Å²) in [7, 11) is 0. The van der Waals surface area contributed by atoms with Crippen molar-refractivity contribution in [2.24, 2.45) is 0 Å². The average Bonchev–Trinajstić information content (AvgIpc) is 3.27. The highest BCUT2D eigenvalue weighted by Crippen LogP contribution is 2.16. The van der Waals surface area contributed by atoms with Crippen LogP contribution in [-0.2, 0) is 16.1 Å². The van der Waals surface area contributed by atoms with Crippen molar-refractivity contribution in [3.8, 4) is 0 Å². The fraction of sp³-hybridized carbons (Fsp3) is 0.316. The molecule has 5 heteroatoms. The summed E-state index contributed by atoms with van der Waals surface area (Å²) in [6.07, 6.45) is 6.74. The summed E-state index contributed by atoms with van der Waals surface area (Å²) in [6, 6.07) is 9.76. The number of rotatable bonds is 6. The summed E-state index contributed by atoms with van der Waals surface area (Å²) in [5, 5.41) is 0. The molecule has 1 amide bonds. The lowest BCUT2D eigenvalue weighted by atomic mass is 10.1. The summed E-state index contributed by atoms with van der Waals surface area (Å²) in [4.78, 5) is 14.3. The van der Waals surface area contributed by atoms with Gasteiger partial charge in [-0.2, -0.15) is 0 Å². The molecule has 0 N–H and O–H groups in total. The summed E-state index contributed by atoms with van der Waals surface area (Å²) in [5.74, 6) is 0.224. The number of benzene rings is 1. The Morgan fingerprint density at radius 3 is 2.79 bits per heavy atom. The number of furan rings is 1. The molecule has 0 bridgehead atoms. The van der Waals surface area contributed by atoms with E-state index in [0.29, 0.717) is 18.8 Å². The molecule has 2 aromatic rings. The van der Waals surface area contributed by atoms with Crippen molar-refractivity contribution < 1.29 is 18.3 Å². The standard InChI is InChI=1S/C19H20FNO3/c20-16-7-5-15(6-8-16)13-21(14-18-4-2-12-24-18)19(22)10-9-17-3-1-11-23-17/h1,3,5-11,18H,2,4,12-14H2/b10-9+. The minimum absolute atomic E-state index is 0.0615. The van der Waals surface area contributed by atoms with Gasteiger partial charge in [-0.1, -0.05) is 12.1 Å². The average molecular weight is 329 g/mol. The maximum Gasteiger partial charge on any atom is 0.247 e. The molecular weight excluding hydrogens is 309 g/mol. The highest BCUT2D eigenvalue weighted by Gasteiger charge is 2.21. The summed E-state index contributed by atoms with van der Waals surface area (Å²) < 4.78 is 23.9. The van der Waals surface area contributed by atoms with Crippen LogP contribution in [0, 0.1) is 5.82 Å². The molecule has 0 radical (unpaired) electrons. The van der Waals surface area contributed by atoms with Crippen molar-refractivity contribution in [2.75, 3.05) is 13.2 Å². The Labute approximate surface area is 140 Å². The van der Waals surface area contributed by atoms with E-state index >= 15 is 0 Å². The first-order chi connectivity index (χ1) is 11.7. The largest absolute Gasteiger partial charge is 0.465 e. The first-order valence-corrected chi connectivity index (χ1v) is 8.07. The molecule has 0 aliphatic carbocycles. The first-order valence-electron chi connectivity index (χ1n) is 8.07. The summed E-state index contributed by atoms with van der Waals surface area (Å²) in [6.45, 7) is 1.69. The van der Waals surface area contributed by atoms with Crippen LogP contribution in [0.4, 0.5) is 4.39 Å². The second kappa shape index (κ2) is 7.93. The Bertz CT molecular complexity index is 673. The maximum absolute atomic E-state index is 13.1. The van der Waals surface area contributed by atoms with E-state index in [-0.39, 0.29) is 17.8 Å². The molecule has 2 heterocycles. The van der Waals surface area contributed by atoms with E-state index in [1.54, 1.807) is 41.5 Å². The van der Waals surface area contributed by atoms with E-state index in [4.69, 9.17) is 9.15 Å². The van der Waals surface area contributed by atoms with Crippen LogP contribution >= 0.6 is 0 Å². The molecule has 4 nitrogen and oxygen atoms in total. The number of ether oxygens (including phenoxy) is 1. The number of carbonyl (C=O) groups is 1. The lowest BCUT2D eigenvalue weighted by Crippen LogP contribution is -2.35. The lowest BCUT2D eigenvalue weighted by Gasteiger charge is -2.24. The van der Waals surface area contributed by atoms with Gasteiger partial charge in [0, 0.05) is 25.8 Å². The van der Waals surface area contributed by atoms with Crippen molar-refractivity contribution >= 4 is 12.0 Å². The fourth-order valence-electron chi connectivity index (χ4n) is 2.72. The van der Waals surface area contributed by atoms with Crippen molar-refractivity contribution in [3.05, 3.63) is 65.9 Å². The highest BCUT2D eigenvalue weighted by molar-refractivity contribution is 5.91. The third-order valence-electron chi connectivity index (χ3n) is 3.98. The van der Waals surface area contributed by atoms with Gasteiger partial charge in [0.1, 0.15) is 11.6 Å². The molecule has 1 atom stereocenters. The van der Waals surface area contributed by atoms with E-state index in [2.05, 4.69) is 0 Å². The molecule has 1 unspecified atom stereocenters. The Balaban J connectivity index is 1.70. The van der Waals surface area contributed by atoms with E-state index in [1.807, 2.05) is 0 Å². The van der Waals surface area contributed by atoms with E-state index in [9.17, 15) is 9.18 Å². The van der Waals surface area contributed by atoms with Gasteiger partial charge in [-0.15, -0.1) is 0 Å². The molecule has 1 fully saturated rings. The van der Waals surface area contributed by atoms with Crippen molar-refractivity contribution in [2.45, 2.75) is 25.5 Å². The molecule has 1 aromatic heterocycles. The van der Waals surface area contributed by atoms with Crippen LogP contribution < -0.4 is 0 Å². The number of nitrogens with zero attached hydrogens (tertiary/aromatic N) is 1. The first kappa shape index (κ1) is 16.5. The predicted molar refractivity (Wildman–Crippen MR) is 88.5 cm³/mol. The third kappa shape index (κ3) is 4.55. The second-order valence-electron chi connectivity index (χ2n) is 5.83. The zero-order valence-corrected chi connectivity index (χ0v) is 13.4. The van der Waals surface area contributed by atoms with Crippen LogP contribution in [0.3, 0.4) is 0 Å². The number of halogens is 1. The number of carbonyl (C=O) groups excluding carboxylic acids is 1. The van der Waals surface area contributed by atoms with Gasteiger partial charge in [0.15, 0.2) is 0 Å². The minimum Gasteiger partial charge on any atom is -0.465 e. The predicted octanol–water partition coefficient (Wildman–Crippen LogP) is 3.64. The zero-order valence-electron chi connectivity index (χ0n) is 13.4. The minimum atomic E-state index is -0.284. The van der Waals surface area contributed by atoms with Crippen LogP contribution in [0.5, 0.6) is 0 Å². The maximum atomic E-state index is 13.1. The fourth-order valence-corrected chi connectivity index (χ4v) is 2.72. The molecule has 3 rings (SSSR count). The normalized spacial score (nSPS) is 17.5. The molecule has 24 heavy (non-hydrogen) atoms. The van der Waals surface area contributed by atoms with Crippen LogP contribution in [0.25, 0.3) is 6.08 Å². The van der Waals surface area contributed by atoms with Crippen LogP contribution in [0.15, 0.2) is 53.2 Å². The molecular formula is C19H20FNO3. The molecule has 1 saturated heterocycles. The quantitative estimate of drug-likeness (QED) is 0.760. The zero-order chi connectivity index (χ0) is 16.8. The van der Waals surface area contributed by atoms with Gasteiger partial charge in [0.05, 0.1) is 12.4 Å². The second-order valence-corrected chi connectivity index (χ2v) is 5.83. The van der Waals surface area contributed by atoms with Gasteiger partial charge in [0.2, 0.25) is 5.91 Å².